The van der Waals surface area contributed by atoms with Crippen LogP contribution in [0.3, 0.4) is 0 Å². The number of carbonyl (C=O) groups is 12. The Morgan fingerprint density at radius 2 is 1.24 bits per heavy atom. The van der Waals surface area contributed by atoms with Gasteiger partial charge in [0, 0.05) is 69.0 Å². The molecule has 3 N–H and O–H groups in total. The lowest BCUT2D eigenvalue weighted by Gasteiger charge is -2.43. The maximum atomic E-state index is 15.7. The van der Waals surface area contributed by atoms with Gasteiger partial charge >= 0.3 is 0 Å². The minimum Gasteiger partial charge on any atom is -0.495 e. The van der Waals surface area contributed by atoms with Gasteiger partial charge < -0.3 is 64.8 Å². The summed E-state index contributed by atoms with van der Waals surface area (Å²) in [4.78, 5) is 190. The van der Waals surface area contributed by atoms with E-state index in [9.17, 15) is 38.4 Å². The van der Waals surface area contributed by atoms with E-state index in [0.717, 1.165) is 67.6 Å². The molecule has 12 amide bonds. The molecule has 0 aromatic heterocycles. The van der Waals surface area contributed by atoms with Crippen molar-refractivity contribution >= 4 is 94.1 Å². The quantitative estimate of drug-likeness (QED) is 0.277. The minimum absolute atomic E-state index is 0.00630. The Morgan fingerprint density at radius 1 is 0.629 bits per heavy atom. The van der Waals surface area contributed by atoms with Crippen LogP contribution >= 0.6 is 23.2 Å². The molecule has 3 saturated carbocycles. The van der Waals surface area contributed by atoms with Gasteiger partial charge in [-0.05, 0) is 119 Å². The summed E-state index contributed by atoms with van der Waals surface area (Å²) in [5.74, 6) is -7.55. The Balaban J connectivity index is 1.27. The second-order valence-corrected chi connectivity index (χ2v) is 29.3. The smallest absolute Gasteiger partial charge is 0.248 e. The van der Waals surface area contributed by atoms with Gasteiger partial charge in [0.15, 0.2) is 0 Å². The fourth-order valence-electron chi connectivity index (χ4n) is 15.2. The van der Waals surface area contributed by atoms with E-state index in [0.29, 0.717) is 75.8 Å². The molecular formula is C70H108Cl2N12O13. The predicted octanol–water partition coefficient (Wildman–Crippen LogP) is 5.04. The van der Waals surface area contributed by atoms with Gasteiger partial charge in [-0.25, -0.2) is 0 Å². The zero-order valence-corrected chi connectivity index (χ0v) is 60.7. The maximum Gasteiger partial charge on any atom is 0.248 e. The van der Waals surface area contributed by atoms with Gasteiger partial charge in [0.1, 0.15) is 58.6 Å². The Bertz CT molecular complexity index is 3020. The second kappa shape index (κ2) is 35.3. The molecule has 6 aliphatic rings. The summed E-state index contributed by atoms with van der Waals surface area (Å²) >= 11 is 13.0. The highest BCUT2D eigenvalue weighted by Gasteiger charge is 2.51. The topological polar surface area (TPSA) is 279 Å². The van der Waals surface area contributed by atoms with E-state index in [4.69, 9.17) is 27.9 Å². The molecule has 97 heavy (non-hydrogen) atoms. The summed E-state index contributed by atoms with van der Waals surface area (Å²) in [5, 5.41) is 9.25. The lowest BCUT2D eigenvalue weighted by atomic mass is 9.81. The summed E-state index contributed by atoms with van der Waals surface area (Å²) in [5.41, 5.74) is -0.879. The molecule has 7 rings (SSSR count). The first kappa shape index (κ1) is 77.6. The summed E-state index contributed by atoms with van der Waals surface area (Å²) in [6.45, 7) is 4.53. The number of methoxy groups -OCH3 is 1. The molecule has 1 aromatic rings. The van der Waals surface area contributed by atoms with Crippen LogP contribution in [-0.2, 0) is 64.0 Å². The first-order valence-electron chi connectivity index (χ1n) is 35.4. The van der Waals surface area contributed by atoms with E-state index in [1.807, 2.05) is 6.92 Å². The molecule has 0 bridgehead atoms. The van der Waals surface area contributed by atoms with Crippen LogP contribution in [0, 0.1) is 17.8 Å². The summed E-state index contributed by atoms with van der Waals surface area (Å²) in [6.07, 6.45) is 13.1. The first-order valence-corrected chi connectivity index (χ1v) is 36.1. The number of amides is 12. The molecule has 1 spiro atoms. The van der Waals surface area contributed by atoms with Crippen molar-refractivity contribution in [2.75, 3.05) is 95.7 Å². The molecule has 6 fully saturated rings. The number of ether oxygens (including phenoxy) is 1. The number of likely N-dealkylation sites (tertiary alicyclic amines) is 1. The van der Waals surface area contributed by atoms with E-state index in [2.05, 4.69) is 16.0 Å². The van der Waals surface area contributed by atoms with Crippen LogP contribution in [0.15, 0.2) is 12.1 Å². The molecule has 25 nitrogen and oxygen atoms in total. The number of nitrogens with zero attached hydrogens (tertiary/aromatic N) is 9. The van der Waals surface area contributed by atoms with Gasteiger partial charge in [-0.15, -0.1) is 0 Å². The number of nitrogens with one attached hydrogen (secondary N) is 3. The molecule has 3 aliphatic carbocycles. The van der Waals surface area contributed by atoms with E-state index in [1.54, 1.807) is 31.0 Å². The number of benzene rings is 1. The minimum atomic E-state index is -1.50. The highest BCUT2D eigenvalue weighted by molar-refractivity contribution is 6.43. The fraction of sp³-hybridized carbons (Fsp3) is 0.743. The van der Waals surface area contributed by atoms with Crippen molar-refractivity contribution in [3.63, 3.8) is 0 Å². The van der Waals surface area contributed by atoms with Crippen LogP contribution < -0.4 is 20.7 Å². The van der Waals surface area contributed by atoms with Crippen molar-refractivity contribution in [1.82, 2.24) is 60.0 Å². The Kier molecular flexibility index (Phi) is 28.3. The molecule has 3 heterocycles. The zero-order chi connectivity index (χ0) is 71.2. The van der Waals surface area contributed by atoms with Crippen LogP contribution in [0.4, 0.5) is 0 Å². The largest absolute Gasteiger partial charge is 0.495 e. The molecule has 27 heteroatoms. The number of hydrogen-bond acceptors (Lipinski definition) is 13. The Hall–Kier alpha value is -6.76. The standard InChI is InChI=1S/C70H108Cl2N12O13/c1-12-44(2)60-67(94)78(6)42-57(87)76(4)43-58(88)80(8)52(38-46-25-16-13-17-26-46)65(92)77(5)41-55(85)73-50(31-30-47-37-49(71)59(72)54(39-47)97-11)64(91)84-36-24-29-51(84)63(90)75-70(32-20-21-33-70)69(96)82(10)61(48-27-18-14-19-28-48)68(95)81(9)53(66(93)83-34-22-15-23-35-83)40-56(86)79(7)45(3)62(89)74-60/h37,39,44-46,48,50-53,60-61H,12-36,38,40-43H2,1-11H3,(H,73,85)(H,74,89)(H,75,90)/t44-,45-,50-,51-,52-,53-,60-,61-/m0/s1. The van der Waals surface area contributed by atoms with Gasteiger partial charge in [0.2, 0.25) is 70.9 Å². The average Bonchev–Trinajstić information content (AvgIpc) is 1.71. The van der Waals surface area contributed by atoms with Crippen LogP contribution in [-0.4, -0.2) is 259 Å². The third kappa shape index (κ3) is 19.2. The van der Waals surface area contributed by atoms with Crippen molar-refractivity contribution in [1.29, 1.82) is 0 Å². The molecule has 0 unspecified atom stereocenters. The normalized spacial score (nSPS) is 27.1. The van der Waals surface area contributed by atoms with Crippen LogP contribution in [0.5, 0.6) is 5.75 Å². The zero-order valence-electron chi connectivity index (χ0n) is 59.2. The summed E-state index contributed by atoms with van der Waals surface area (Å²) in [7, 11) is 11.6. The number of fused-ring (bicyclic) bond motifs is 1. The number of rotatable bonds is 10. The highest BCUT2D eigenvalue weighted by atomic mass is 35.5. The van der Waals surface area contributed by atoms with Gasteiger partial charge in [0.25, 0.3) is 0 Å². The van der Waals surface area contributed by atoms with Gasteiger partial charge in [-0.1, -0.05) is 108 Å². The maximum absolute atomic E-state index is 15.7. The van der Waals surface area contributed by atoms with Gasteiger partial charge in [0.05, 0.1) is 38.2 Å². The number of piperidine rings is 1. The first-order chi connectivity index (χ1) is 46.0. The van der Waals surface area contributed by atoms with Crippen LogP contribution in [0.1, 0.15) is 174 Å². The fourth-order valence-corrected chi connectivity index (χ4v) is 15.6. The lowest BCUT2D eigenvalue weighted by molar-refractivity contribution is -0.157. The SMILES string of the molecule is CC[C@H](C)[C@@H]1NC(=O)[C@H](C)N(C)C(=O)C[C@@H](C(=O)N2CCCCC2)N(C)C(=O)[C@H](C2CCCCC2)N(C)C(=O)C2(CCCC2)NC(=O)[C@@H]2CCCN2C(=O)[C@H](CCc2cc(Cl)c(Cl)c(OC)c2)NC(=O)CN(C)C(=O)[C@H](CC2CCCCC2)N(C)C(=O)CN(C)C(=O)CN(C)C1=O. The highest BCUT2D eigenvalue weighted by Crippen LogP contribution is 2.38. The number of aryl methyl sites for hydroxylation is 1. The van der Waals surface area contributed by atoms with Crippen molar-refractivity contribution < 1.29 is 62.3 Å². The van der Waals surface area contributed by atoms with E-state index in [1.165, 1.54) is 85.7 Å². The van der Waals surface area contributed by atoms with Crippen LogP contribution in [0.25, 0.3) is 0 Å². The molecule has 3 saturated heterocycles. The molecule has 540 valence electrons. The molecule has 3 aliphatic heterocycles. The number of carbonyl (C=O) groups excluding carboxylic acids is 12. The molecule has 8 atom stereocenters. The Morgan fingerprint density at radius 3 is 1.87 bits per heavy atom. The predicted molar refractivity (Wildman–Crippen MR) is 366 cm³/mol. The van der Waals surface area contributed by atoms with Crippen molar-refractivity contribution in [3.8, 4) is 5.75 Å². The van der Waals surface area contributed by atoms with E-state index < -0.39 is 151 Å². The third-order valence-electron chi connectivity index (χ3n) is 21.8. The van der Waals surface area contributed by atoms with E-state index in [-0.39, 0.29) is 67.0 Å². The third-order valence-corrected chi connectivity index (χ3v) is 22.6. The summed E-state index contributed by atoms with van der Waals surface area (Å²) in [6, 6.07) is -4.97. The molecular weight excluding hydrogens is 1290 g/mol. The van der Waals surface area contributed by atoms with Crippen molar-refractivity contribution in [2.24, 2.45) is 17.8 Å². The average molecular weight is 1400 g/mol. The van der Waals surface area contributed by atoms with Crippen molar-refractivity contribution in [3.05, 3.63) is 27.7 Å². The van der Waals surface area contributed by atoms with Gasteiger partial charge in [-0.2, -0.15) is 0 Å². The molecule has 0 radical (unpaired) electrons. The summed E-state index contributed by atoms with van der Waals surface area (Å²) < 4.78 is 5.49. The van der Waals surface area contributed by atoms with Gasteiger partial charge in [-0.3, -0.25) is 57.5 Å². The Labute approximate surface area is 583 Å². The van der Waals surface area contributed by atoms with Crippen molar-refractivity contribution in [2.45, 2.75) is 223 Å². The monoisotopic (exact) mass is 1390 g/mol. The lowest BCUT2D eigenvalue weighted by Crippen LogP contribution is -2.65. The molecule has 1 aromatic carbocycles. The van der Waals surface area contributed by atoms with Crippen LogP contribution in [0.2, 0.25) is 10.0 Å². The van der Waals surface area contributed by atoms with E-state index >= 15 is 19.2 Å². The number of hydrogen-bond donors (Lipinski definition) is 3. The second-order valence-electron chi connectivity index (χ2n) is 28.5. The number of likely N-dealkylation sites (N-methyl/N-ethyl adjacent to an activating group) is 7. The number of halogens is 2.